The molecule has 0 aliphatic heterocycles. The summed E-state index contributed by atoms with van der Waals surface area (Å²) in [5.74, 6) is 0.495. The number of aromatic amines is 1. The molecule has 0 saturated heterocycles. The Morgan fingerprint density at radius 1 is 0.745 bits per heavy atom. The molecule has 0 radical (unpaired) electrons. The number of H-pyrrole nitrogens is 1. The fourth-order valence-corrected chi connectivity index (χ4v) is 5.64. The largest absolute Gasteiger partial charge is 0.494 e. The van der Waals surface area contributed by atoms with E-state index in [1.165, 1.54) is 5.56 Å². The van der Waals surface area contributed by atoms with Gasteiger partial charge in [-0.3, -0.25) is 9.59 Å². The van der Waals surface area contributed by atoms with Crippen LogP contribution in [0, 0.1) is 0 Å². The van der Waals surface area contributed by atoms with Gasteiger partial charge in [0, 0.05) is 62.1 Å². The normalized spacial score (nSPS) is 11.0. The van der Waals surface area contributed by atoms with Crippen LogP contribution in [-0.2, 0) is 24.2 Å². The number of nitrogens with zero attached hydrogens (tertiary/aromatic N) is 3. The maximum absolute atomic E-state index is 14.2. The molecule has 0 aliphatic rings. The number of fused-ring (bicyclic) bond motifs is 1. The number of para-hydroxylation sites is 1. The van der Waals surface area contributed by atoms with Crippen LogP contribution in [0.25, 0.3) is 10.9 Å². The molecule has 0 spiro atoms. The van der Waals surface area contributed by atoms with Gasteiger partial charge in [-0.05, 0) is 78.4 Å². The van der Waals surface area contributed by atoms with E-state index in [-0.39, 0.29) is 18.4 Å². The quantitative estimate of drug-likeness (QED) is 0.116. The van der Waals surface area contributed by atoms with Crippen LogP contribution in [0.1, 0.15) is 46.8 Å². The highest BCUT2D eigenvalue weighted by molar-refractivity contribution is 5.96. The van der Waals surface area contributed by atoms with E-state index in [1.54, 1.807) is 17.0 Å². The highest BCUT2D eigenvalue weighted by Gasteiger charge is 2.23. The maximum atomic E-state index is 14.2. The van der Waals surface area contributed by atoms with Gasteiger partial charge in [-0.1, -0.05) is 74.0 Å². The third kappa shape index (κ3) is 9.26. The van der Waals surface area contributed by atoms with E-state index in [9.17, 15) is 9.59 Å². The van der Waals surface area contributed by atoms with Crippen LogP contribution in [0.4, 0.5) is 5.69 Å². The molecular weight excluding hydrogens is 584 g/mol. The van der Waals surface area contributed by atoms with E-state index in [1.807, 2.05) is 67.7 Å². The molecule has 5 rings (SSSR count). The van der Waals surface area contributed by atoms with E-state index in [0.29, 0.717) is 44.6 Å². The maximum Gasteiger partial charge on any atom is 0.254 e. The summed E-state index contributed by atoms with van der Waals surface area (Å²) in [5, 5.41) is 1.16. The fraction of sp³-hybridized carbons (Fsp3) is 0.300. The van der Waals surface area contributed by atoms with Gasteiger partial charge >= 0.3 is 0 Å². The van der Waals surface area contributed by atoms with Crippen molar-refractivity contribution in [3.63, 3.8) is 0 Å². The van der Waals surface area contributed by atoms with E-state index in [4.69, 9.17) is 4.74 Å². The van der Waals surface area contributed by atoms with Crippen molar-refractivity contribution in [2.45, 2.75) is 39.2 Å². The number of anilines is 1. The summed E-state index contributed by atoms with van der Waals surface area (Å²) in [7, 11) is 4.03. The molecule has 0 bridgehead atoms. The summed E-state index contributed by atoms with van der Waals surface area (Å²) in [4.78, 5) is 37.1. The van der Waals surface area contributed by atoms with Crippen molar-refractivity contribution < 1.29 is 14.3 Å². The lowest BCUT2D eigenvalue weighted by molar-refractivity contribution is -0.132. The van der Waals surface area contributed by atoms with Crippen LogP contribution in [0.3, 0.4) is 0 Å². The van der Waals surface area contributed by atoms with Crippen molar-refractivity contribution in [2.24, 2.45) is 0 Å². The van der Waals surface area contributed by atoms with E-state index in [0.717, 1.165) is 46.3 Å². The van der Waals surface area contributed by atoms with Gasteiger partial charge in [0.25, 0.3) is 5.91 Å². The molecule has 4 aromatic carbocycles. The Kier molecular flexibility index (Phi) is 11.7. The number of hydrogen-bond donors (Lipinski definition) is 1. The Morgan fingerprint density at radius 2 is 1.45 bits per heavy atom. The molecule has 5 aromatic rings. The lowest BCUT2D eigenvalue weighted by Crippen LogP contribution is -2.44. The van der Waals surface area contributed by atoms with Crippen LogP contribution in [0.2, 0.25) is 0 Å². The molecular formula is C40H46N4O3. The number of aromatic nitrogens is 1. The number of carbonyl (C=O) groups excluding carboxylic acids is 2. The van der Waals surface area contributed by atoms with Gasteiger partial charge in [-0.15, -0.1) is 0 Å². The van der Waals surface area contributed by atoms with Crippen molar-refractivity contribution in [3.05, 3.63) is 132 Å². The molecule has 47 heavy (non-hydrogen) atoms. The van der Waals surface area contributed by atoms with Gasteiger partial charge in [0.1, 0.15) is 12.3 Å². The summed E-state index contributed by atoms with van der Waals surface area (Å²) >= 11 is 0. The van der Waals surface area contributed by atoms with Crippen LogP contribution >= 0.6 is 0 Å². The second kappa shape index (κ2) is 16.5. The lowest BCUT2D eigenvalue weighted by Gasteiger charge is -2.28. The molecule has 7 nitrogen and oxygen atoms in total. The Bertz CT molecular complexity index is 1710. The van der Waals surface area contributed by atoms with Crippen LogP contribution in [-0.4, -0.2) is 66.9 Å². The molecule has 0 unspecified atom stereocenters. The first kappa shape index (κ1) is 33.3. The highest BCUT2D eigenvalue weighted by atomic mass is 16.5. The molecule has 1 heterocycles. The van der Waals surface area contributed by atoms with Crippen molar-refractivity contribution in [1.82, 2.24) is 14.8 Å². The predicted octanol–water partition coefficient (Wildman–Crippen LogP) is 7.37. The molecule has 0 fully saturated rings. The topological polar surface area (TPSA) is 68.9 Å². The van der Waals surface area contributed by atoms with Gasteiger partial charge in [0.05, 0.1) is 6.61 Å². The van der Waals surface area contributed by atoms with E-state index < -0.39 is 0 Å². The first-order valence-corrected chi connectivity index (χ1v) is 16.6. The van der Waals surface area contributed by atoms with E-state index in [2.05, 4.69) is 65.3 Å². The Morgan fingerprint density at radius 3 is 2.17 bits per heavy atom. The molecule has 1 N–H and O–H groups in total. The second-order valence-electron chi connectivity index (χ2n) is 12.2. The first-order chi connectivity index (χ1) is 22.9. The van der Waals surface area contributed by atoms with Gasteiger partial charge in [-0.2, -0.15) is 0 Å². The van der Waals surface area contributed by atoms with Crippen LogP contribution in [0.15, 0.2) is 109 Å². The van der Waals surface area contributed by atoms with Crippen LogP contribution < -0.4 is 9.64 Å². The minimum absolute atomic E-state index is 0.00984. The number of carbonyl (C=O) groups is 2. The van der Waals surface area contributed by atoms with Crippen LogP contribution in [0.5, 0.6) is 5.75 Å². The molecule has 2 amide bonds. The minimum Gasteiger partial charge on any atom is -0.494 e. The van der Waals surface area contributed by atoms with Crippen molar-refractivity contribution in [3.8, 4) is 5.75 Å². The highest BCUT2D eigenvalue weighted by Crippen LogP contribution is 2.20. The summed E-state index contributed by atoms with van der Waals surface area (Å²) in [5.41, 5.74) is 6.06. The Balaban J connectivity index is 1.36. The smallest absolute Gasteiger partial charge is 0.254 e. The summed E-state index contributed by atoms with van der Waals surface area (Å²) < 4.78 is 5.81. The minimum atomic E-state index is -0.165. The molecule has 1 aromatic heterocycles. The summed E-state index contributed by atoms with van der Waals surface area (Å²) in [6.07, 6.45) is 5.42. The van der Waals surface area contributed by atoms with Gasteiger partial charge in [0.15, 0.2) is 0 Å². The summed E-state index contributed by atoms with van der Waals surface area (Å²) in [6.45, 7) is 4.18. The fourth-order valence-electron chi connectivity index (χ4n) is 5.64. The average molecular weight is 631 g/mol. The number of hydrogen-bond acceptors (Lipinski definition) is 4. The number of benzene rings is 4. The average Bonchev–Trinajstić information content (AvgIpc) is 3.52. The number of rotatable bonds is 16. The zero-order chi connectivity index (χ0) is 33.0. The molecule has 244 valence electrons. The number of ether oxygens (including phenoxy) is 1. The number of nitrogens with one attached hydrogen (secondary N) is 1. The zero-order valence-electron chi connectivity index (χ0n) is 27.8. The predicted molar refractivity (Wildman–Crippen MR) is 191 cm³/mol. The Labute approximate surface area is 278 Å². The van der Waals surface area contributed by atoms with Gasteiger partial charge in [-0.25, -0.2) is 0 Å². The summed E-state index contributed by atoms with van der Waals surface area (Å²) in [6, 6.07) is 33.9. The van der Waals surface area contributed by atoms with Crippen molar-refractivity contribution in [1.29, 1.82) is 0 Å². The first-order valence-electron chi connectivity index (χ1n) is 16.6. The molecule has 0 aliphatic carbocycles. The molecule has 0 saturated carbocycles. The van der Waals surface area contributed by atoms with Crippen molar-refractivity contribution >= 4 is 28.4 Å². The molecule has 0 atom stereocenters. The Hall–Kier alpha value is -5.04. The third-order valence-electron chi connectivity index (χ3n) is 8.50. The number of amides is 2. The monoisotopic (exact) mass is 630 g/mol. The van der Waals surface area contributed by atoms with Crippen molar-refractivity contribution in [2.75, 3.05) is 45.2 Å². The molecule has 7 heteroatoms. The zero-order valence-corrected chi connectivity index (χ0v) is 27.8. The lowest BCUT2D eigenvalue weighted by atomic mass is 10.1. The van der Waals surface area contributed by atoms with Gasteiger partial charge in [0.2, 0.25) is 5.91 Å². The van der Waals surface area contributed by atoms with E-state index >= 15 is 0 Å². The van der Waals surface area contributed by atoms with Gasteiger partial charge < -0.3 is 24.4 Å². The standard InChI is InChI=1S/C40H46N4O3/c1-4-5-27-47-36-21-17-33(18-22-36)40(46)44(25-23-31-11-7-6-8-12-31)30-39(45)43(29-32-15-19-35(20-16-32)42(2)3)26-24-34-28-41-38-14-10-9-13-37(34)38/h6-22,28,41H,4-5,23-27,29-30H2,1-3H3. The number of unbranched alkanes of at least 4 members (excludes halogenated alkanes) is 1. The third-order valence-corrected chi connectivity index (χ3v) is 8.50. The second-order valence-corrected chi connectivity index (χ2v) is 12.2. The SMILES string of the molecule is CCCCOc1ccc(C(=O)N(CCc2ccccc2)CC(=O)N(CCc2c[nH]c3ccccc23)Cc2ccc(N(C)C)cc2)cc1.